The van der Waals surface area contributed by atoms with Crippen LogP contribution in [-0.4, -0.2) is 52.3 Å². The van der Waals surface area contributed by atoms with Crippen molar-refractivity contribution in [3.63, 3.8) is 0 Å². The van der Waals surface area contributed by atoms with Crippen molar-refractivity contribution in [2.45, 2.75) is 39.3 Å². The molecule has 0 saturated carbocycles. The number of aryl methyl sites for hydroxylation is 2. The number of rotatable bonds is 6. The van der Waals surface area contributed by atoms with Crippen molar-refractivity contribution in [3.05, 3.63) is 41.7 Å². The van der Waals surface area contributed by atoms with Crippen LogP contribution in [0.4, 0.5) is 5.82 Å². The molecule has 0 unspecified atom stereocenters. The average molecular weight is 330 g/mol. The molecule has 0 spiro atoms. The summed E-state index contributed by atoms with van der Waals surface area (Å²) in [6.45, 7) is 7.76. The Morgan fingerprint density at radius 3 is 2.96 bits per heavy atom. The number of anilines is 1. The minimum absolute atomic E-state index is 0.191. The second kappa shape index (κ2) is 7.77. The van der Waals surface area contributed by atoms with Gasteiger partial charge in [-0.05, 0) is 31.9 Å². The Morgan fingerprint density at radius 1 is 1.38 bits per heavy atom. The summed E-state index contributed by atoms with van der Waals surface area (Å²) in [5.41, 5.74) is 1.18. The fourth-order valence-electron chi connectivity index (χ4n) is 3.33. The van der Waals surface area contributed by atoms with Crippen LogP contribution < -0.4 is 4.90 Å². The van der Waals surface area contributed by atoms with Gasteiger partial charge in [-0.2, -0.15) is 0 Å². The highest BCUT2D eigenvalue weighted by atomic mass is 16.3. The van der Waals surface area contributed by atoms with E-state index in [-0.39, 0.29) is 12.6 Å². The van der Waals surface area contributed by atoms with E-state index in [1.807, 2.05) is 25.3 Å². The third-order valence-corrected chi connectivity index (χ3v) is 4.65. The number of hydrogen-bond acceptors (Lipinski definition) is 6. The van der Waals surface area contributed by atoms with Crippen molar-refractivity contribution in [3.8, 4) is 0 Å². The second-order valence-corrected chi connectivity index (χ2v) is 6.28. The fraction of sp³-hybridized carbons (Fsp3) is 0.556. The average Bonchev–Trinajstić information content (AvgIpc) is 3.10. The number of nitrogens with zero attached hydrogens (tertiary/aromatic N) is 4. The summed E-state index contributed by atoms with van der Waals surface area (Å²) in [4.78, 5) is 13.7. The first-order valence-corrected chi connectivity index (χ1v) is 8.66. The van der Waals surface area contributed by atoms with Gasteiger partial charge < -0.3 is 14.4 Å². The van der Waals surface area contributed by atoms with Crippen molar-refractivity contribution < 1.29 is 9.52 Å². The minimum atomic E-state index is 0.191. The third-order valence-electron chi connectivity index (χ3n) is 4.65. The highest BCUT2D eigenvalue weighted by Crippen LogP contribution is 2.24. The molecule has 24 heavy (non-hydrogen) atoms. The van der Waals surface area contributed by atoms with E-state index in [9.17, 15) is 5.11 Å². The number of aromatic nitrogens is 2. The molecule has 1 aliphatic rings. The Kier molecular flexibility index (Phi) is 5.48. The van der Waals surface area contributed by atoms with Crippen molar-refractivity contribution in [1.29, 1.82) is 0 Å². The van der Waals surface area contributed by atoms with Gasteiger partial charge >= 0.3 is 0 Å². The summed E-state index contributed by atoms with van der Waals surface area (Å²) in [6, 6.07) is 4.21. The molecule has 0 aromatic carbocycles. The normalized spacial score (nSPS) is 19.0. The zero-order valence-corrected chi connectivity index (χ0v) is 14.5. The highest BCUT2D eigenvalue weighted by Gasteiger charge is 2.29. The van der Waals surface area contributed by atoms with Gasteiger partial charge in [-0.3, -0.25) is 4.90 Å². The van der Waals surface area contributed by atoms with E-state index >= 15 is 0 Å². The second-order valence-electron chi connectivity index (χ2n) is 6.28. The van der Waals surface area contributed by atoms with Gasteiger partial charge in [0.2, 0.25) is 0 Å². The molecule has 3 rings (SSSR count). The van der Waals surface area contributed by atoms with Gasteiger partial charge in [-0.1, -0.05) is 6.92 Å². The predicted octanol–water partition coefficient (Wildman–Crippen LogP) is 2.01. The molecule has 1 fully saturated rings. The lowest BCUT2D eigenvalue weighted by Crippen LogP contribution is -2.53. The van der Waals surface area contributed by atoms with Crippen LogP contribution in [0.15, 0.2) is 29.0 Å². The number of furan rings is 1. The first-order valence-electron chi connectivity index (χ1n) is 8.66. The molecule has 2 aromatic heterocycles. The molecule has 0 radical (unpaired) electrons. The van der Waals surface area contributed by atoms with Crippen LogP contribution in [0.1, 0.15) is 30.5 Å². The first-order chi connectivity index (χ1) is 11.7. The monoisotopic (exact) mass is 330 g/mol. The predicted molar refractivity (Wildman–Crippen MR) is 93.0 cm³/mol. The van der Waals surface area contributed by atoms with E-state index in [0.717, 1.165) is 56.4 Å². The molecule has 0 aliphatic carbocycles. The van der Waals surface area contributed by atoms with Crippen molar-refractivity contribution in [2.75, 3.05) is 31.1 Å². The Labute approximate surface area is 143 Å². The molecule has 2 aromatic rings. The summed E-state index contributed by atoms with van der Waals surface area (Å²) < 4.78 is 5.49. The van der Waals surface area contributed by atoms with Crippen LogP contribution in [0.5, 0.6) is 0 Å². The largest absolute Gasteiger partial charge is 0.468 e. The van der Waals surface area contributed by atoms with E-state index < -0.39 is 0 Å². The van der Waals surface area contributed by atoms with Crippen LogP contribution in [0, 0.1) is 6.92 Å². The Morgan fingerprint density at radius 2 is 2.25 bits per heavy atom. The quantitative estimate of drug-likeness (QED) is 0.874. The van der Waals surface area contributed by atoms with Gasteiger partial charge in [0, 0.05) is 44.0 Å². The first kappa shape index (κ1) is 16.9. The maximum absolute atomic E-state index is 9.47. The maximum atomic E-state index is 9.47. The molecular weight excluding hydrogens is 304 g/mol. The summed E-state index contributed by atoms with van der Waals surface area (Å²) >= 11 is 0. The molecule has 0 amide bonds. The van der Waals surface area contributed by atoms with Crippen LogP contribution in [0.3, 0.4) is 0 Å². The Hall–Kier alpha value is -1.92. The summed E-state index contributed by atoms with van der Waals surface area (Å²) in [5.74, 6) is 2.82. The van der Waals surface area contributed by atoms with Gasteiger partial charge in [0.15, 0.2) is 0 Å². The smallest absolute Gasteiger partial charge is 0.135 e. The minimum Gasteiger partial charge on any atom is -0.468 e. The summed E-state index contributed by atoms with van der Waals surface area (Å²) in [5, 5.41) is 9.47. The van der Waals surface area contributed by atoms with Crippen LogP contribution in [-0.2, 0) is 13.0 Å². The fourth-order valence-corrected chi connectivity index (χ4v) is 3.33. The summed E-state index contributed by atoms with van der Waals surface area (Å²) in [6.07, 6.45) is 5.33. The zero-order chi connectivity index (χ0) is 16.9. The third kappa shape index (κ3) is 3.76. The molecule has 0 bridgehead atoms. The lowest BCUT2D eigenvalue weighted by atomic mass is 10.1. The molecule has 6 nitrogen and oxygen atoms in total. The number of aliphatic hydroxyl groups excluding tert-OH is 1. The van der Waals surface area contributed by atoms with Gasteiger partial charge in [0.25, 0.3) is 0 Å². The maximum Gasteiger partial charge on any atom is 0.135 e. The number of piperazine rings is 1. The lowest BCUT2D eigenvalue weighted by molar-refractivity contribution is 0.127. The number of aliphatic hydroxyl groups is 1. The summed E-state index contributed by atoms with van der Waals surface area (Å²) in [7, 11) is 0. The van der Waals surface area contributed by atoms with Crippen LogP contribution >= 0.6 is 0 Å². The molecule has 1 saturated heterocycles. The van der Waals surface area contributed by atoms with E-state index in [1.165, 1.54) is 5.56 Å². The standard InChI is InChI=1S/C18H26N4O2/c1-3-15-11-19-14(2)20-18(15)22-8-7-21(16(12-22)6-9-23)13-17-5-4-10-24-17/h4-5,10-11,16,23H,3,6-9,12-13H2,1-2H3/t16-/m0/s1. The molecule has 130 valence electrons. The molecule has 3 heterocycles. The van der Waals surface area contributed by atoms with Gasteiger partial charge in [-0.25, -0.2) is 9.97 Å². The van der Waals surface area contributed by atoms with Crippen molar-refractivity contribution in [2.24, 2.45) is 0 Å². The van der Waals surface area contributed by atoms with E-state index in [4.69, 9.17) is 4.42 Å². The van der Waals surface area contributed by atoms with Gasteiger partial charge in [0.1, 0.15) is 17.4 Å². The van der Waals surface area contributed by atoms with Gasteiger partial charge in [0.05, 0.1) is 12.8 Å². The topological polar surface area (TPSA) is 65.6 Å². The van der Waals surface area contributed by atoms with E-state index in [0.29, 0.717) is 0 Å². The molecular formula is C18H26N4O2. The van der Waals surface area contributed by atoms with Crippen molar-refractivity contribution >= 4 is 5.82 Å². The lowest BCUT2D eigenvalue weighted by Gasteiger charge is -2.42. The molecule has 6 heteroatoms. The van der Waals surface area contributed by atoms with E-state index in [1.54, 1.807) is 6.26 Å². The number of hydrogen-bond donors (Lipinski definition) is 1. The zero-order valence-electron chi connectivity index (χ0n) is 14.5. The molecule has 1 N–H and O–H groups in total. The molecule has 1 aliphatic heterocycles. The van der Waals surface area contributed by atoms with Gasteiger partial charge in [-0.15, -0.1) is 0 Å². The van der Waals surface area contributed by atoms with Crippen LogP contribution in [0.2, 0.25) is 0 Å². The van der Waals surface area contributed by atoms with Crippen LogP contribution in [0.25, 0.3) is 0 Å². The Bertz CT molecular complexity index is 644. The highest BCUT2D eigenvalue weighted by molar-refractivity contribution is 5.47. The SMILES string of the molecule is CCc1cnc(C)nc1N1CCN(Cc2ccco2)[C@@H](CCO)C1. The van der Waals surface area contributed by atoms with E-state index in [2.05, 4.69) is 26.7 Å². The van der Waals surface area contributed by atoms with Crippen molar-refractivity contribution in [1.82, 2.24) is 14.9 Å². The molecule has 1 atom stereocenters. The Balaban J connectivity index is 1.76.